The zero-order chi connectivity index (χ0) is 18.4. The number of hydrogen-bond acceptors (Lipinski definition) is 0. The van der Waals surface area contributed by atoms with Crippen molar-refractivity contribution in [1.29, 1.82) is 0 Å². The summed E-state index contributed by atoms with van der Waals surface area (Å²) in [6, 6.07) is 8.75. The Balaban J connectivity index is 0. The van der Waals surface area contributed by atoms with Crippen LogP contribution in [0.4, 0.5) is 0 Å². The SMILES string of the molecule is C=Cc1ccc2c(C)c(C)ccc2c1/C=C\C.CC.CC.CC. The smallest absolute Gasteiger partial charge is 0.0103 e. The van der Waals surface area contributed by atoms with Crippen LogP contribution in [0.1, 0.15) is 70.7 Å². The van der Waals surface area contributed by atoms with Crippen molar-refractivity contribution in [3.8, 4) is 0 Å². The first-order chi connectivity index (χ1) is 11.2. The monoisotopic (exact) mass is 312 g/mol. The van der Waals surface area contributed by atoms with Crippen LogP contribution in [0, 0.1) is 13.8 Å². The van der Waals surface area contributed by atoms with E-state index in [4.69, 9.17) is 0 Å². The van der Waals surface area contributed by atoms with Gasteiger partial charge in [-0.3, -0.25) is 0 Å². The Morgan fingerprint density at radius 3 is 1.78 bits per heavy atom. The van der Waals surface area contributed by atoms with Crippen molar-refractivity contribution < 1.29 is 0 Å². The van der Waals surface area contributed by atoms with Crippen LogP contribution < -0.4 is 0 Å². The van der Waals surface area contributed by atoms with E-state index in [9.17, 15) is 0 Å². The molecule has 23 heavy (non-hydrogen) atoms. The normalized spacial score (nSPS) is 9.09. The fourth-order valence-electron chi connectivity index (χ4n) is 2.24. The molecule has 0 spiro atoms. The fraction of sp³-hybridized carbons (Fsp3) is 0.391. The van der Waals surface area contributed by atoms with E-state index in [1.165, 1.54) is 33.0 Å². The van der Waals surface area contributed by atoms with Crippen molar-refractivity contribution >= 4 is 22.9 Å². The molecule has 2 aromatic carbocycles. The highest BCUT2D eigenvalue weighted by Crippen LogP contribution is 2.28. The molecule has 0 fully saturated rings. The first kappa shape index (κ1) is 23.4. The highest BCUT2D eigenvalue weighted by atomic mass is 14.1. The first-order valence-corrected chi connectivity index (χ1v) is 8.97. The van der Waals surface area contributed by atoms with Gasteiger partial charge in [-0.1, -0.05) is 90.6 Å². The molecule has 0 nitrogen and oxygen atoms in total. The fourth-order valence-corrected chi connectivity index (χ4v) is 2.24. The van der Waals surface area contributed by atoms with Crippen molar-refractivity contribution in [3.05, 3.63) is 59.2 Å². The van der Waals surface area contributed by atoms with Gasteiger partial charge in [-0.15, -0.1) is 0 Å². The lowest BCUT2D eigenvalue weighted by molar-refractivity contribution is 1.38. The van der Waals surface area contributed by atoms with E-state index < -0.39 is 0 Å². The van der Waals surface area contributed by atoms with Gasteiger partial charge in [0.2, 0.25) is 0 Å². The zero-order valence-corrected chi connectivity index (χ0v) is 16.7. The molecule has 0 bridgehead atoms. The van der Waals surface area contributed by atoms with Crippen LogP contribution in [0.3, 0.4) is 0 Å². The molecule has 2 aromatic rings. The highest BCUT2D eigenvalue weighted by molar-refractivity contribution is 5.96. The number of benzene rings is 2. The third-order valence-electron chi connectivity index (χ3n) is 3.37. The molecule has 0 atom stereocenters. The lowest BCUT2D eigenvalue weighted by Crippen LogP contribution is -1.89. The standard InChI is InChI=1S/C17H18.3C2H6/c1-5-7-16-14(6-2)9-11-15-13(4)12(3)8-10-17(15)16;3*1-2/h5-11H,2H2,1,3-4H3;3*1-2H3/b7-5-;;;. The van der Waals surface area contributed by atoms with Crippen molar-refractivity contribution in [2.75, 3.05) is 0 Å². The molecule has 128 valence electrons. The second kappa shape index (κ2) is 13.8. The molecule has 0 aliphatic carbocycles. The van der Waals surface area contributed by atoms with Crippen molar-refractivity contribution in [2.45, 2.75) is 62.3 Å². The van der Waals surface area contributed by atoms with Gasteiger partial charge in [-0.25, -0.2) is 0 Å². The van der Waals surface area contributed by atoms with E-state index in [2.05, 4.69) is 56.8 Å². The molecule has 0 aromatic heterocycles. The van der Waals surface area contributed by atoms with Gasteiger partial charge in [0.25, 0.3) is 0 Å². The predicted octanol–water partition coefficient (Wildman–Crippen LogP) is 8.21. The van der Waals surface area contributed by atoms with Gasteiger partial charge in [0.1, 0.15) is 0 Å². The Hall–Kier alpha value is -1.82. The van der Waals surface area contributed by atoms with Gasteiger partial charge in [0, 0.05) is 0 Å². The molecule has 2 rings (SSSR count). The minimum atomic E-state index is 1.19. The maximum absolute atomic E-state index is 3.89. The van der Waals surface area contributed by atoms with Gasteiger partial charge in [-0.2, -0.15) is 0 Å². The number of hydrogen-bond donors (Lipinski definition) is 0. The Kier molecular flexibility index (Phi) is 14.1. The number of aryl methyl sites for hydroxylation is 2. The van der Waals surface area contributed by atoms with E-state index in [0.29, 0.717) is 0 Å². The van der Waals surface area contributed by atoms with Crippen LogP contribution in [0.2, 0.25) is 0 Å². The summed E-state index contributed by atoms with van der Waals surface area (Å²) in [4.78, 5) is 0. The van der Waals surface area contributed by atoms with Crippen LogP contribution in [-0.4, -0.2) is 0 Å². The molecule has 0 aliphatic rings. The number of allylic oxidation sites excluding steroid dienone is 1. The summed E-state index contributed by atoms with van der Waals surface area (Å²) >= 11 is 0. The molecule has 0 heteroatoms. The largest absolute Gasteiger partial charge is 0.0984 e. The topological polar surface area (TPSA) is 0 Å². The second-order valence-electron chi connectivity index (χ2n) is 4.38. The van der Waals surface area contributed by atoms with Crippen LogP contribution in [0.15, 0.2) is 36.9 Å². The maximum atomic E-state index is 3.89. The highest BCUT2D eigenvalue weighted by Gasteiger charge is 2.06. The third-order valence-corrected chi connectivity index (χ3v) is 3.37. The zero-order valence-electron chi connectivity index (χ0n) is 16.7. The molecule has 0 amide bonds. The first-order valence-electron chi connectivity index (χ1n) is 8.97. The van der Waals surface area contributed by atoms with E-state index in [1.54, 1.807) is 0 Å². The van der Waals surface area contributed by atoms with Gasteiger partial charge >= 0.3 is 0 Å². The summed E-state index contributed by atoms with van der Waals surface area (Å²) in [7, 11) is 0. The Morgan fingerprint density at radius 2 is 1.30 bits per heavy atom. The minimum Gasteiger partial charge on any atom is -0.0984 e. The lowest BCUT2D eigenvalue weighted by atomic mass is 9.94. The molecule has 0 heterocycles. The van der Waals surface area contributed by atoms with E-state index in [0.717, 1.165) is 0 Å². The second-order valence-corrected chi connectivity index (χ2v) is 4.38. The quantitative estimate of drug-likeness (QED) is 0.524. The molecule has 0 unspecified atom stereocenters. The van der Waals surface area contributed by atoms with Crippen molar-refractivity contribution in [3.63, 3.8) is 0 Å². The maximum Gasteiger partial charge on any atom is -0.0103 e. The Bertz CT molecular complexity index is 601. The summed E-state index contributed by atoms with van der Waals surface area (Å²) in [6.07, 6.45) is 6.16. The molecule has 0 N–H and O–H groups in total. The van der Waals surface area contributed by atoms with Crippen LogP contribution in [-0.2, 0) is 0 Å². The molecular weight excluding hydrogens is 276 g/mol. The van der Waals surface area contributed by atoms with Gasteiger partial charge in [-0.05, 0) is 53.8 Å². The lowest BCUT2D eigenvalue weighted by Gasteiger charge is -2.11. The Labute approximate surface area is 144 Å². The molecule has 0 radical (unpaired) electrons. The summed E-state index contributed by atoms with van der Waals surface area (Å²) in [5, 5.41) is 2.65. The van der Waals surface area contributed by atoms with E-state index in [-0.39, 0.29) is 0 Å². The summed E-state index contributed by atoms with van der Waals surface area (Å²) in [5.74, 6) is 0. The van der Waals surface area contributed by atoms with E-state index >= 15 is 0 Å². The minimum absolute atomic E-state index is 1.19. The average molecular weight is 313 g/mol. The van der Waals surface area contributed by atoms with Gasteiger partial charge in [0.05, 0.1) is 0 Å². The summed E-state index contributed by atoms with van der Waals surface area (Å²) < 4.78 is 0. The molecule has 0 aliphatic heterocycles. The predicted molar refractivity (Wildman–Crippen MR) is 112 cm³/mol. The molecule has 0 saturated heterocycles. The summed E-state index contributed by atoms with van der Waals surface area (Å²) in [6.45, 7) is 22.3. The third kappa shape index (κ3) is 6.06. The number of rotatable bonds is 2. The van der Waals surface area contributed by atoms with Gasteiger partial charge < -0.3 is 0 Å². The molecule has 0 saturated carbocycles. The van der Waals surface area contributed by atoms with Crippen molar-refractivity contribution in [2.24, 2.45) is 0 Å². The molecular formula is C23H36. The Morgan fingerprint density at radius 1 is 0.783 bits per heavy atom. The number of fused-ring (bicyclic) bond motifs is 1. The van der Waals surface area contributed by atoms with Crippen LogP contribution in [0.5, 0.6) is 0 Å². The van der Waals surface area contributed by atoms with E-state index in [1.807, 2.05) is 54.5 Å². The summed E-state index contributed by atoms with van der Waals surface area (Å²) in [5.41, 5.74) is 5.17. The van der Waals surface area contributed by atoms with Crippen LogP contribution in [0.25, 0.3) is 22.9 Å². The van der Waals surface area contributed by atoms with Crippen LogP contribution >= 0.6 is 0 Å². The van der Waals surface area contributed by atoms with Gasteiger partial charge in [0.15, 0.2) is 0 Å². The average Bonchev–Trinajstić information content (AvgIpc) is 2.64. The van der Waals surface area contributed by atoms with Crippen molar-refractivity contribution in [1.82, 2.24) is 0 Å².